The largest absolute Gasteiger partial charge is 0.491 e. The lowest BCUT2D eigenvalue weighted by Crippen LogP contribution is -2.49. The Morgan fingerprint density at radius 3 is 2.59 bits per heavy atom. The molecule has 6 nitrogen and oxygen atoms in total. The van der Waals surface area contributed by atoms with Crippen LogP contribution in [0.15, 0.2) is 47.6 Å². The van der Waals surface area contributed by atoms with Gasteiger partial charge in [-0.25, -0.2) is 0 Å². The first kappa shape index (κ1) is 17.4. The van der Waals surface area contributed by atoms with Crippen molar-refractivity contribution in [1.29, 1.82) is 0 Å². The van der Waals surface area contributed by atoms with Crippen molar-refractivity contribution >= 4 is 17.3 Å². The highest BCUT2D eigenvalue weighted by Gasteiger charge is 2.37. The van der Waals surface area contributed by atoms with Crippen molar-refractivity contribution in [3.05, 3.63) is 59.2 Å². The molecule has 27 heavy (non-hydrogen) atoms. The average molecular weight is 365 g/mol. The van der Waals surface area contributed by atoms with Gasteiger partial charge in [-0.15, -0.1) is 0 Å². The Morgan fingerprint density at radius 2 is 1.89 bits per heavy atom. The van der Waals surface area contributed by atoms with Crippen LogP contribution in [0.1, 0.15) is 47.9 Å². The van der Waals surface area contributed by atoms with E-state index in [1.807, 2.05) is 56.3 Å². The van der Waals surface area contributed by atoms with Crippen molar-refractivity contribution in [1.82, 2.24) is 5.32 Å². The molecule has 0 bridgehead atoms. The maximum Gasteiger partial charge on any atom is 0.255 e. The van der Waals surface area contributed by atoms with Crippen LogP contribution in [0.2, 0.25) is 0 Å². The number of nitrogens with zero attached hydrogens (tertiary/aromatic N) is 2. The Morgan fingerprint density at radius 1 is 1.15 bits per heavy atom. The van der Waals surface area contributed by atoms with Gasteiger partial charge in [0.15, 0.2) is 0 Å². The number of hydrogen-bond acceptors (Lipinski definition) is 5. The fourth-order valence-corrected chi connectivity index (χ4v) is 3.75. The van der Waals surface area contributed by atoms with Crippen molar-refractivity contribution in [2.24, 2.45) is 5.16 Å². The summed E-state index contributed by atoms with van der Waals surface area (Å²) in [6.45, 7) is 4.75. The maximum absolute atomic E-state index is 12.8. The normalized spacial score (nSPS) is 19.7. The molecule has 0 saturated heterocycles. The van der Waals surface area contributed by atoms with Crippen molar-refractivity contribution in [3.8, 4) is 5.75 Å². The summed E-state index contributed by atoms with van der Waals surface area (Å²) in [5, 5.41) is 7.30. The van der Waals surface area contributed by atoms with Crippen LogP contribution in [0.5, 0.6) is 5.75 Å². The molecule has 1 atom stereocenters. The van der Waals surface area contributed by atoms with Gasteiger partial charge in [0.25, 0.3) is 5.91 Å². The second-order valence-electron chi connectivity index (χ2n) is 6.98. The van der Waals surface area contributed by atoms with Gasteiger partial charge in [0.05, 0.1) is 23.1 Å². The molecule has 0 aliphatic carbocycles. The molecule has 1 amide bonds. The number of rotatable bonds is 4. The van der Waals surface area contributed by atoms with Gasteiger partial charge in [0.1, 0.15) is 19.0 Å². The van der Waals surface area contributed by atoms with E-state index in [0.29, 0.717) is 5.56 Å². The number of para-hydroxylation sites is 1. The topological polar surface area (TPSA) is 63.2 Å². The molecule has 0 aromatic heterocycles. The van der Waals surface area contributed by atoms with Crippen LogP contribution in [0.3, 0.4) is 0 Å². The molecule has 0 fully saturated rings. The third-order valence-corrected chi connectivity index (χ3v) is 4.82. The Labute approximate surface area is 158 Å². The second-order valence-corrected chi connectivity index (χ2v) is 6.98. The summed E-state index contributed by atoms with van der Waals surface area (Å²) in [5.41, 5.74) is 4.45. The third kappa shape index (κ3) is 3.12. The Bertz CT molecular complexity index is 890. The molecular weight excluding hydrogens is 342 g/mol. The molecule has 140 valence electrons. The van der Waals surface area contributed by atoms with Gasteiger partial charge < -0.3 is 19.8 Å². The fraction of sp³-hybridized carbons (Fsp3) is 0.333. The highest BCUT2D eigenvalue weighted by Crippen LogP contribution is 2.39. The first-order valence-electron chi connectivity index (χ1n) is 9.16. The Kier molecular flexibility index (Phi) is 4.48. The second kappa shape index (κ2) is 6.95. The number of carbonyl (C=O) groups excluding carboxylic acids is 1. The van der Waals surface area contributed by atoms with Crippen LogP contribution in [0.25, 0.3) is 0 Å². The lowest BCUT2D eigenvalue weighted by Gasteiger charge is -2.42. The molecule has 2 aromatic carbocycles. The van der Waals surface area contributed by atoms with E-state index in [-0.39, 0.29) is 18.2 Å². The number of amides is 1. The highest BCUT2D eigenvalue weighted by atomic mass is 16.6. The quantitative estimate of drug-likeness (QED) is 0.843. The standard InChI is InChI=1S/C21H23N3O3/c1-13(2)27-15-9-7-14(8-10-15)20-22-21(25)17-6-4-5-16-18(23-26-3)11-12-24(20)19(16)17/h4-10,13,20H,11-12H2,1-3H3,(H,22,25)/b23-18+. The monoisotopic (exact) mass is 365 g/mol. The summed E-state index contributed by atoms with van der Waals surface area (Å²) in [6.07, 6.45) is 0.661. The van der Waals surface area contributed by atoms with Crippen LogP contribution in [0.4, 0.5) is 5.69 Å². The minimum absolute atomic E-state index is 0.0747. The summed E-state index contributed by atoms with van der Waals surface area (Å²) in [7, 11) is 1.55. The molecule has 4 rings (SSSR count). The first-order chi connectivity index (χ1) is 13.1. The van der Waals surface area contributed by atoms with Crippen molar-refractivity contribution in [2.75, 3.05) is 18.6 Å². The number of hydrogen-bond donors (Lipinski definition) is 1. The summed E-state index contributed by atoms with van der Waals surface area (Å²) in [5.74, 6) is 0.749. The molecule has 1 unspecified atom stereocenters. The summed E-state index contributed by atoms with van der Waals surface area (Å²) < 4.78 is 5.73. The van der Waals surface area contributed by atoms with Crippen LogP contribution >= 0.6 is 0 Å². The number of nitrogens with one attached hydrogen (secondary N) is 1. The molecule has 6 heteroatoms. The SMILES string of the molecule is CO/N=C1\CCN2c3c(cccc31)C(=O)NC2c1ccc(OC(C)C)cc1. The lowest BCUT2D eigenvalue weighted by atomic mass is 9.92. The van der Waals surface area contributed by atoms with Crippen LogP contribution in [0, 0.1) is 0 Å². The molecule has 0 spiro atoms. The highest BCUT2D eigenvalue weighted by molar-refractivity contribution is 6.13. The van der Waals surface area contributed by atoms with Gasteiger partial charge in [-0.05, 0) is 37.6 Å². The summed E-state index contributed by atoms with van der Waals surface area (Å²) in [6, 6.07) is 13.7. The number of anilines is 1. The Hall–Kier alpha value is -3.02. The van der Waals surface area contributed by atoms with E-state index >= 15 is 0 Å². The minimum atomic E-state index is -0.219. The van der Waals surface area contributed by atoms with E-state index in [2.05, 4.69) is 15.4 Å². The molecule has 1 N–H and O–H groups in total. The molecule has 2 aromatic rings. The third-order valence-electron chi connectivity index (χ3n) is 4.82. The first-order valence-corrected chi connectivity index (χ1v) is 9.16. The molecule has 0 saturated carbocycles. The van der Waals surface area contributed by atoms with E-state index in [4.69, 9.17) is 9.57 Å². The lowest BCUT2D eigenvalue weighted by molar-refractivity contribution is 0.0926. The van der Waals surface area contributed by atoms with Crippen molar-refractivity contribution < 1.29 is 14.4 Å². The van der Waals surface area contributed by atoms with Crippen LogP contribution in [-0.2, 0) is 4.84 Å². The number of ether oxygens (including phenoxy) is 1. The van der Waals surface area contributed by atoms with Gasteiger partial charge >= 0.3 is 0 Å². The molecule has 2 aliphatic rings. The van der Waals surface area contributed by atoms with Crippen LogP contribution < -0.4 is 15.0 Å². The van der Waals surface area contributed by atoms with E-state index < -0.39 is 0 Å². The average Bonchev–Trinajstić information content (AvgIpc) is 2.66. The van der Waals surface area contributed by atoms with E-state index in [0.717, 1.165) is 41.2 Å². The zero-order valence-electron chi connectivity index (χ0n) is 15.7. The minimum Gasteiger partial charge on any atom is -0.491 e. The number of carbonyl (C=O) groups is 1. The smallest absolute Gasteiger partial charge is 0.255 e. The zero-order chi connectivity index (χ0) is 19.0. The number of oxime groups is 1. The van der Waals surface area contributed by atoms with E-state index in [1.165, 1.54) is 0 Å². The Balaban J connectivity index is 1.73. The van der Waals surface area contributed by atoms with E-state index in [9.17, 15) is 4.79 Å². The van der Waals surface area contributed by atoms with Gasteiger partial charge in [-0.1, -0.05) is 29.4 Å². The van der Waals surface area contributed by atoms with Crippen molar-refractivity contribution in [3.63, 3.8) is 0 Å². The van der Waals surface area contributed by atoms with Crippen molar-refractivity contribution in [2.45, 2.75) is 32.5 Å². The molecular formula is C21H23N3O3. The fourth-order valence-electron chi connectivity index (χ4n) is 3.75. The predicted molar refractivity (Wildman–Crippen MR) is 104 cm³/mol. The van der Waals surface area contributed by atoms with Gasteiger partial charge in [-0.3, -0.25) is 4.79 Å². The van der Waals surface area contributed by atoms with Gasteiger partial charge in [0.2, 0.25) is 0 Å². The molecule has 0 radical (unpaired) electrons. The number of benzene rings is 2. The maximum atomic E-state index is 12.8. The zero-order valence-corrected chi connectivity index (χ0v) is 15.7. The van der Waals surface area contributed by atoms with Gasteiger partial charge in [-0.2, -0.15) is 0 Å². The summed E-state index contributed by atoms with van der Waals surface area (Å²) >= 11 is 0. The molecule has 2 heterocycles. The van der Waals surface area contributed by atoms with Crippen LogP contribution in [-0.4, -0.2) is 31.4 Å². The molecule has 2 aliphatic heterocycles. The van der Waals surface area contributed by atoms with E-state index in [1.54, 1.807) is 7.11 Å². The summed E-state index contributed by atoms with van der Waals surface area (Å²) in [4.78, 5) is 20.0. The van der Waals surface area contributed by atoms with Gasteiger partial charge in [0, 0.05) is 18.5 Å². The predicted octanol–water partition coefficient (Wildman–Crippen LogP) is 3.48.